The fraction of sp³-hybridized carbons (Fsp3) is 0.417. The molecule has 0 unspecified atom stereocenters. The second-order valence-corrected chi connectivity index (χ2v) is 4.43. The van der Waals surface area contributed by atoms with Crippen LogP contribution in [-0.2, 0) is 10.2 Å². The third-order valence-corrected chi connectivity index (χ3v) is 3.21. The predicted molar refractivity (Wildman–Crippen MR) is 55.7 cm³/mol. The van der Waals surface area contributed by atoms with Gasteiger partial charge in [0, 0.05) is 5.56 Å². The minimum Gasteiger partial charge on any atom is -0.481 e. The van der Waals surface area contributed by atoms with Gasteiger partial charge in [0.15, 0.2) is 0 Å². The summed E-state index contributed by atoms with van der Waals surface area (Å²) < 4.78 is 13.6. The average molecular weight is 224 g/mol. The van der Waals surface area contributed by atoms with E-state index in [1.807, 2.05) is 0 Å². The number of carboxylic acids is 1. The molecule has 2 rings (SSSR count). The molecule has 0 amide bonds. The van der Waals surface area contributed by atoms with Crippen LogP contribution in [0.1, 0.15) is 24.0 Å². The molecule has 0 atom stereocenters. The molecular formula is C12H13FO3. The smallest absolute Gasteiger partial charge is 0.314 e. The van der Waals surface area contributed by atoms with Gasteiger partial charge >= 0.3 is 5.97 Å². The van der Waals surface area contributed by atoms with E-state index in [0.29, 0.717) is 0 Å². The predicted octanol–water partition coefficient (Wildman–Crippen LogP) is 1.61. The number of aliphatic carboxylic acids is 1. The van der Waals surface area contributed by atoms with Crippen molar-refractivity contribution < 1.29 is 19.4 Å². The lowest BCUT2D eigenvalue weighted by atomic mass is 9.62. The molecule has 86 valence electrons. The van der Waals surface area contributed by atoms with Crippen molar-refractivity contribution in [2.75, 3.05) is 0 Å². The molecule has 16 heavy (non-hydrogen) atoms. The Morgan fingerprint density at radius 1 is 1.50 bits per heavy atom. The van der Waals surface area contributed by atoms with Crippen molar-refractivity contribution in [1.29, 1.82) is 0 Å². The minimum atomic E-state index is -1.24. The fourth-order valence-corrected chi connectivity index (χ4v) is 2.26. The Kier molecular flexibility index (Phi) is 2.46. The summed E-state index contributed by atoms with van der Waals surface area (Å²) in [4.78, 5) is 11.2. The van der Waals surface area contributed by atoms with Gasteiger partial charge in [0.2, 0.25) is 0 Å². The van der Waals surface area contributed by atoms with E-state index in [2.05, 4.69) is 0 Å². The molecule has 1 aromatic carbocycles. The number of benzene rings is 1. The quantitative estimate of drug-likeness (QED) is 0.802. The molecule has 0 spiro atoms. The molecule has 3 nitrogen and oxygen atoms in total. The lowest BCUT2D eigenvalue weighted by Crippen LogP contribution is -2.51. The van der Waals surface area contributed by atoms with E-state index < -0.39 is 23.3 Å². The highest BCUT2D eigenvalue weighted by Gasteiger charge is 2.52. The fourth-order valence-electron chi connectivity index (χ4n) is 2.26. The van der Waals surface area contributed by atoms with Crippen molar-refractivity contribution in [2.24, 2.45) is 0 Å². The molecule has 0 aliphatic heterocycles. The summed E-state index contributed by atoms with van der Waals surface area (Å²) in [5, 5.41) is 18.5. The SMILES string of the molecule is Cc1ccc(F)c(C2(C(=O)O)CC(O)C2)c1. The highest BCUT2D eigenvalue weighted by molar-refractivity contribution is 5.83. The van der Waals surface area contributed by atoms with E-state index in [-0.39, 0.29) is 18.4 Å². The van der Waals surface area contributed by atoms with Crippen LogP contribution in [-0.4, -0.2) is 22.3 Å². The molecule has 2 N–H and O–H groups in total. The molecule has 0 bridgehead atoms. The summed E-state index contributed by atoms with van der Waals surface area (Å²) in [5.74, 6) is -1.58. The molecule has 1 aliphatic carbocycles. The maximum atomic E-state index is 13.6. The van der Waals surface area contributed by atoms with Crippen molar-refractivity contribution in [3.63, 3.8) is 0 Å². The maximum Gasteiger partial charge on any atom is 0.314 e. The zero-order chi connectivity index (χ0) is 11.9. The number of rotatable bonds is 2. The van der Waals surface area contributed by atoms with Crippen molar-refractivity contribution in [1.82, 2.24) is 0 Å². The number of aliphatic hydroxyl groups is 1. The van der Waals surface area contributed by atoms with Crippen molar-refractivity contribution in [2.45, 2.75) is 31.3 Å². The van der Waals surface area contributed by atoms with E-state index in [0.717, 1.165) is 5.56 Å². The zero-order valence-corrected chi connectivity index (χ0v) is 8.90. The minimum absolute atomic E-state index is 0.0860. The normalized spacial score (nSPS) is 28.6. The van der Waals surface area contributed by atoms with Crippen LogP contribution in [0.25, 0.3) is 0 Å². The standard InChI is InChI=1S/C12H13FO3/c1-7-2-3-10(13)9(4-7)12(11(15)16)5-8(14)6-12/h2-4,8,14H,5-6H2,1H3,(H,15,16). The van der Waals surface area contributed by atoms with Gasteiger partial charge in [-0.15, -0.1) is 0 Å². The number of halogens is 1. The topological polar surface area (TPSA) is 57.5 Å². The van der Waals surface area contributed by atoms with Gasteiger partial charge in [-0.05, 0) is 25.8 Å². The van der Waals surface area contributed by atoms with E-state index in [1.165, 1.54) is 6.07 Å². The van der Waals surface area contributed by atoms with E-state index in [9.17, 15) is 19.4 Å². The highest BCUT2D eigenvalue weighted by atomic mass is 19.1. The largest absolute Gasteiger partial charge is 0.481 e. The second-order valence-electron chi connectivity index (χ2n) is 4.43. The molecule has 1 aliphatic rings. The van der Waals surface area contributed by atoms with Gasteiger partial charge < -0.3 is 10.2 Å². The molecule has 0 radical (unpaired) electrons. The summed E-state index contributed by atoms with van der Waals surface area (Å²) in [6, 6.07) is 4.43. The Morgan fingerprint density at radius 2 is 2.12 bits per heavy atom. The highest BCUT2D eigenvalue weighted by Crippen LogP contribution is 2.45. The van der Waals surface area contributed by atoms with Gasteiger partial charge in [0.05, 0.1) is 6.10 Å². The number of hydrogen-bond acceptors (Lipinski definition) is 2. The Bertz CT molecular complexity index is 436. The molecule has 0 heterocycles. The Balaban J connectivity index is 2.48. The molecule has 0 saturated heterocycles. The van der Waals surface area contributed by atoms with E-state index in [1.54, 1.807) is 19.1 Å². The Morgan fingerprint density at radius 3 is 2.62 bits per heavy atom. The number of aliphatic hydroxyl groups excluding tert-OH is 1. The molecule has 1 aromatic rings. The molecular weight excluding hydrogens is 211 g/mol. The van der Waals surface area contributed by atoms with Crippen LogP contribution in [0.3, 0.4) is 0 Å². The average Bonchev–Trinajstić information content (AvgIpc) is 2.16. The molecule has 1 saturated carbocycles. The van der Waals surface area contributed by atoms with Crippen LogP contribution in [0.5, 0.6) is 0 Å². The lowest BCUT2D eigenvalue weighted by Gasteiger charge is -2.42. The van der Waals surface area contributed by atoms with Crippen molar-refractivity contribution in [3.05, 3.63) is 35.1 Å². The monoisotopic (exact) mass is 224 g/mol. The summed E-state index contributed by atoms with van der Waals surface area (Å²) in [5.41, 5.74) is -0.237. The van der Waals surface area contributed by atoms with Gasteiger partial charge in [-0.1, -0.05) is 17.7 Å². The third kappa shape index (κ3) is 1.50. The maximum absolute atomic E-state index is 13.6. The number of aryl methyl sites for hydroxylation is 1. The number of carbonyl (C=O) groups is 1. The number of carboxylic acid groups (broad SMARTS) is 1. The zero-order valence-electron chi connectivity index (χ0n) is 8.90. The van der Waals surface area contributed by atoms with Crippen molar-refractivity contribution in [3.8, 4) is 0 Å². The van der Waals surface area contributed by atoms with Crippen LogP contribution in [0.4, 0.5) is 4.39 Å². The second kappa shape index (κ2) is 3.56. The summed E-state index contributed by atoms with van der Waals surface area (Å²) >= 11 is 0. The van der Waals surface area contributed by atoms with Gasteiger partial charge in [-0.2, -0.15) is 0 Å². The van der Waals surface area contributed by atoms with Crippen molar-refractivity contribution >= 4 is 5.97 Å². The van der Waals surface area contributed by atoms with Gasteiger partial charge in [-0.3, -0.25) is 4.79 Å². The third-order valence-electron chi connectivity index (χ3n) is 3.21. The first-order valence-corrected chi connectivity index (χ1v) is 5.14. The van der Waals surface area contributed by atoms with Gasteiger partial charge in [-0.25, -0.2) is 4.39 Å². The molecule has 4 heteroatoms. The Hall–Kier alpha value is -1.42. The van der Waals surface area contributed by atoms with Gasteiger partial charge in [0.1, 0.15) is 11.2 Å². The number of hydrogen-bond donors (Lipinski definition) is 2. The lowest BCUT2D eigenvalue weighted by molar-refractivity contribution is -0.153. The van der Waals surface area contributed by atoms with Crippen LogP contribution in [0.15, 0.2) is 18.2 Å². The van der Waals surface area contributed by atoms with Crippen LogP contribution in [0, 0.1) is 12.7 Å². The van der Waals surface area contributed by atoms with Crippen LogP contribution < -0.4 is 0 Å². The first kappa shape index (κ1) is 11.1. The van der Waals surface area contributed by atoms with Crippen LogP contribution >= 0.6 is 0 Å². The summed E-state index contributed by atoms with van der Waals surface area (Å²) in [6.07, 6.45) is -0.471. The van der Waals surface area contributed by atoms with Crippen LogP contribution in [0.2, 0.25) is 0 Å². The first-order valence-electron chi connectivity index (χ1n) is 5.14. The summed E-state index contributed by atoms with van der Waals surface area (Å²) in [7, 11) is 0. The Labute approximate surface area is 92.5 Å². The molecule has 1 fully saturated rings. The molecule has 0 aromatic heterocycles. The van der Waals surface area contributed by atoms with E-state index in [4.69, 9.17) is 0 Å². The van der Waals surface area contributed by atoms with Gasteiger partial charge in [0.25, 0.3) is 0 Å². The summed E-state index contributed by atoms with van der Waals surface area (Å²) in [6.45, 7) is 1.79. The van der Waals surface area contributed by atoms with E-state index >= 15 is 0 Å². The first-order chi connectivity index (χ1) is 7.45.